The van der Waals surface area contributed by atoms with Gasteiger partial charge < -0.3 is 54.4 Å². The van der Waals surface area contributed by atoms with Crippen LogP contribution in [-0.2, 0) is 38.0 Å². The van der Waals surface area contributed by atoms with Gasteiger partial charge in [-0.1, -0.05) is 34.6 Å². The number of Topliss-reactive ketones (excluding diaryl/α,β-unsaturated/α-hetero) is 1. The average Bonchev–Trinajstić information content (AvgIpc) is 3.07. The van der Waals surface area contributed by atoms with Crippen molar-refractivity contribution in [1.29, 1.82) is 0 Å². The van der Waals surface area contributed by atoms with E-state index < -0.39 is 83.2 Å². The van der Waals surface area contributed by atoms with Crippen LogP contribution in [0.3, 0.4) is 0 Å². The second-order valence-corrected chi connectivity index (χ2v) is 17.4. The summed E-state index contributed by atoms with van der Waals surface area (Å²) in [5.74, 6) is -2.37. The van der Waals surface area contributed by atoms with Crippen molar-refractivity contribution in [3.05, 3.63) is 0 Å². The summed E-state index contributed by atoms with van der Waals surface area (Å²) in [7, 11) is 1.56. The molecular formula is C40H75N2O11+. The molecule has 0 amide bonds. The molecule has 0 spiro atoms. The van der Waals surface area contributed by atoms with E-state index in [9.17, 15) is 19.8 Å². The highest BCUT2D eigenvalue weighted by Crippen LogP contribution is 2.43. The topological polar surface area (TPSA) is 177 Å². The lowest BCUT2D eigenvalue weighted by molar-refractivity contribution is -0.333. The third-order valence-corrected chi connectivity index (χ3v) is 12.3. The first-order chi connectivity index (χ1) is 24.6. The summed E-state index contributed by atoms with van der Waals surface area (Å²) in [5, 5.41) is 40.1. The summed E-state index contributed by atoms with van der Waals surface area (Å²) >= 11 is 0. The minimum Gasteiger partial charge on any atom is -0.453 e. The van der Waals surface area contributed by atoms with Crippen molar-refractivity contribution in [2.45, 2.75) is 193 Å². The smallest absolute Gasteiger partial charge is 0.311 e. The fraction of sp³-hybridized carbons (Fsp3) is 0.950. The Labute approximate surface area is 318 Å². The van der Waals surface area contributed by atoms with Crippen LogP contribution in [0.25, 0.3) is 0 Å². The molecule has 3 aliphatic heterocycles. The van der Waals surface area contributed by atoms with E-state index in [1.54, 1.807) is 41.7 Å². The highest BCUT2D eigenvalue weighted by Gasteiger charge is 2.58. The number of aliphatic hydroxyl groups is 2. The first kappa shape index (κ1) is 46.1. The Hall–Kier alpha value is -1.26. The maximum absolute atomic E-state index is 14.2. The van der Waals surface area contributed by atoms with Gasteiger partial charge in [-0.25, -0.2) is 0 Å². The van der Waals surface area contributed by atoms with Crippen LogP contribution in [-0.4, -0.2) is 125 Å². The Bertz CT molecular complexity index is 1180. The summed E-state index contributed by atoms with van der Waals surface area (Å²) in [5.41, 5.74) is -5.64. The monoisotopic (exact) mass is 760 g/mol. The second-order valence-electron chi connectivity index (χ2n) is 17.4. The lowest BCUT2D eigenvalue weighted by Crippen LogP contribution is -2.70. The molecule has 3 heterocycles. The van der Waals surface area contributed by atoms with Gasteiger partial charge in [-0.3, -0.25) is 9.59 Å². The van der Waals surface area contributed by atoms with Crippen molar-refractivity contribution >= 4 is 11.8 Å². The number of nitrogens with one attached hydrogen (secondary N) is 2. The Kier molecular flexibility index (Phi) is 16.4. The zero-order valence-electron chi connectivity index (χ0n) is 35.0. The molecule has 16 atom stereocenters. The van der Waals surface area contributed by atoms with Crippen molar-refractivity contribution < 1.29 is 53.3 Å². The van der Waals surface area contributed by atoms with Gasteiger partial charge >= 0.3 is 5.97 Å². The van der Waals surface area contributed by atoms with Gasteiger partial charge in [-0.15, -0.1) is 0 Å². The summed E-state index contributed by atoms with van der Waals surface area (Å²) < 4.78 is 38.4. The van der Waals surface area contributed by atoms with Gasteiger partial charge in [0.2, 0.25) is 5.78 Å². The van der Waals surface area contributed by atoms with Gasteiger partial charge in [0.25, 0.3) is 5.60 Å². The zero-order valence-corrected chi connectivity index (χ0v) is 35.0. The van der Waals surface area contributed by atoms with Crippen molar-refractivity contribution in [3.8, 4) is 0 Å². The van der Waals surface area contributed by atoms with E-state index in [4.69, 9.17) is 33.5 Å². The lowest BCUT2D eigenvalue weighted by atomic mass is 9.75. The lowest BCUT2D eigenvalue weighted by Gasteiger charge is -2.53. The van der Waals surface area contributed by atoms with E-state index in [0.29, 0.717) is 31.8 Å². The number of cyclic esters (lactones) is 1. The average molecular weight is 760 g/mol. The molecule has 310 valence electrons. The standard InChI is InChI=1S/C40H74N2O11/c1-14-16-41-22-40(47)29(9)50-32(20-38(40,11)48-13)52-33-26(6)35(53-31-18-23(3)17-25(5)49-31)37(10,45)19-24(4)21-42-28(8)34(43)39(12,46)30(15-2)51-36(44)27(33)7/h23-33,35,41-42,45-47H,14-22H2,1-13H3/p+1/t23-,24+,25+,26-,27+,28+,29-,30+,31-,32-,33-,35+,37+,38+,39+,40-/m0/s1. The van der Waals surface area contributed by atoms with Crippen LogP contribution in [0.4, 0.5) is 0 Å². The Morgan fingerprint density at radius 1 is 0.925 bits per heavy atom. The largest absolute Gasteiger partial charge is 0.453 e. The van der Waals surface area contributed by atoms with Crippen LogP contribution in [0.15, 0.2) is 0 Å². The van der Waals surface area contributed by atoms with Gasteiger partial charge in [0.15, 0.2) is 18.7 Å². The third kappa shape index (κ3) is 10.8. The number of hydrogen-bond acceptors (Lipinski definition) is 12. The number of ether oxygens (including phenoxy) is 6. The molecule has 0 unspecified atom stereocenters. The Morgan fingerprint density at radius 2 is 1.58 bits per heavy atom. The second kappa shape index (κ2) is 18.8. The predicted molar refractivity (Wildman–Crippen MR) is 202 cm³/mol. The highest BCUT2D eigenvalue weighted by molar-refractivity contribution is 5.92. The third-order valence-electron chi connectivity index (χ3n) is 12.3. The molecule has 0 aliphatic carbocycles. The van der Waals surface area contributed by atoms with Crippen LogP contribution in [0, 0.1) is 23.7 Å². The van der Waals surface area contributed by atoms with Crippen LogP contribution in [0.1, 0.15) is 122 Å². The molecule has 13 nitrogen and oxygen atoms in total. The highest BCUT2D eigenvalue weighted by atomic mass is 16.7. The van der Waals surface area contributed by atoms with Gasteiger partial charge in [-0.05, 0) is 92.2 Å². The molecule has 3 rings (SSSR count). The number of carbonyl (C=O) groups is 2. The SMILES string of the molecule is CCCNC[C@]1(O)[C@H](C)O[C@@H](O[C@H]2[C@H](C)[C@@H](O[C@H]3C[C@@H](C)C[C@@H](C)O3)[C@](C)(O)C[C@@H](C)CN[C@H](C)C(=O)[C@](C)([OH2+])[C@@H](CC)OC(=O)[C@@H]2C)C[C@@]1(C)OC. The number of ketones is 1. The van der Waals surface area contributed by atoms with Crippen molar-refractivity contribution in [1.82, 2.24) is 10.6 Å². The Morgan fingerprint density at radius 3 is 2.17 bits per heavy atom. The van der Waals surface area contributed by atoms with E-state index in [-0.39, 0.29) is 37.2 Å². The van der Waals surface area contributed by atoms with Crippen LogP contribution >= 0.6 is 0 Å². The summed E-state index contributed by atoms with van der Waals surface area (Å²) in [6, 6.07) is -0.683. The van der Waals surface area contributed by atoms with E-state index in [0.717, 1.165) is 12.8 Å². The number of methoxy groups -OCH3 is 1. The quantitative estimate of drug-likeness (QED) is 0.145. The van der Waals surface area contributed by atoms with Crippen molar-refractivity contribution in [2.75, 3.05) is 26.7 Å². The number of hydrogen-bond donors (Lipinski definition) is 4. The predicted octanol–water partition coefficient (Wildman–Crippen LogP) is 3.60. The minimum atomic E-state index is -1.72. The van der Waals surface area contributed by atoms with E-state index in [2.05, 4.69) is 24.5 Å². The molecule has 3 saturated heterocycles. The zero-order chi connectivity index (χ0) is 40.1. The fourth-order valence-electron chi connectivity index (χ4n) is 8.90. The van der Waals surface area contributed by atoms with Gasteiger partial charge in [-0.2, -0.15) is 0 Å². The number of rotatable bonds is 10. The molecule has 3 aliphatic rings. The summed E-state index contributed by atoms with van der Waals surface area (Å²) in [6.45, 7) is 23.5. The molecule has 13 heteroatoms. The van der Waals surface area contributed by atoms with E-state index in [1.807, 2.05) is 27.7 Å². The molecule has 3 fully saturated rings. The fourth-order valence-corrected chi connectivity index (χ4v) is 8.90. The normalized spacial score (nSPS) is 47.0. The van der Waals surface area contributed by atoms with Crippen molar-refractivity contribution in [2.24, 2.45) is 23.7 Å². The minimum absolute atomic E-state index is 0.0334. The Balaban J connectivity index is 2.12. The van der Waals surface area contributed by atoms with Crippen LogP contribution < -0.4 is 10.6 Å². The maximum atomic E-state index is 14.2. The first-order valence-corrected chi connectivity index (χ1v) is 20.1. The maximum Gasteiger partial charge on any atom is 0.311 e. The van der Waals surface area contributed by atoms with E-state index >= 15 is 0 Å². The van der Waals surface area contributed by atoms with Gasteiger partial charge in [0.05, 0.1) is 42.0 Å². The van der Waals surface area contributed by atoms with Crippen molar-refractivity contribution in [3.63, 3.8) is 0 Å². The van der Waals surface area contributed by atoms with Crippen LogP contribution in [0.2, 0.25) is 0 Å². The van der Waals surface area contributed by atoms with Gasteiger partial charge in [0.1, 0.15) is 11.2 Å². The van der Waals surface area contributed by atoms with Crippen LogP contribution in [0.5, 0.6) is 0 Å². The molecule has 0 aromatic heterocycles. The molecule has 0 aromatic carbocycles. The molecule has 0 bridgehead atoms. The molecule has 53 heavy (non-hydrogen) atoms. The molecule has 6 N–H and O–H groups in total. The molecule has 0 aromatic rings. The summed E-state index contributed by atoms with van der Waals surface area (Å²) in [6.07, 6.45) is -1.97. The number of carbonyl (C=O) groups excluding carboxylic acids is 2. The molecule has 0 saturated carbocycles. The molecule has 0 radical (unpaired) electrons. The number of esters is 1. The first-order valence-electron chi connectivity index (χ1n) is 20.1. The molecular weight excluding hydrogens is 684 g/mol. The van der Waals surface area contributed by atoms with Gasteiger partial charge in [0, 0.05) is 39.3 Å². The summed E-state index contributed by atoms with van der Waals surface area (Å²) in [4.78, 5) is 27.9. The van der Waals surface area contributed by atoms with E-state index in [1.165, 1.54) is 6.92 Å².